The van der Waals surface area contributed by atoms with Crippen LogP contribution in [0.2, 0.25) is 0 Å². The second-order valence-corrected chi connectivity index (χ2v) is 9.21. The number of nitrogens with two attached hydrogens (primary N) is 1. The first kappa shape index (κ1) is 28.1. The second kappa shape index (κ2) is 13.7. The Balaban J connectivity index is 1.63. The molecule has 2 aromatic rings. The molecule has 0 bridgehead atoms. The Morgan fingerprint density at radius 2 is 1.97 bits per heavy atom. The van der Waals surface area contributed by atoms with Crippen LogP contribution >= 0.6 is 11.8 Å². The van der Waals surface area contributed by atoms with E-state index in [1.165, 1.54) is 28.7 Å². The van der Waals surface area contributed by atoms with E-state index in [4.69, 9.17) is 19.9 Å². The number of rotatable bonds is 12. The van der Waals surface area contributed by atoms with Crippen LogP contribution in [0.25, 0.3) is 5.69 Å². The van der Waals surface area contributed by atoms with E-state index < -0.39 is 54.4 Å². The average Bonchev–Trinajstić information content (AvgIpc) is 3.39. The van der Waals surface area contributed by atoms with Crippen molar-refractivity contribution in [2.45, 2.75) is 42.6 Å². The number of hydrogen-bond donors (Lipinski definition) is 4. The molecule has 1 aromatic carbocycles. The van der Waals surface area contributed by atoms with Gasteiger partial charge in [0.15, 0.2) is 5.69 Å². The summed E-state index contributed by atoms with van der Waals surface area (Å²) in [6.45, 7) is 3.00. The summed E-state index contributed by atoms with van der Waals surface area (Å²) in [5.74, 6) is -0.852. The average molecular weight is 536 g/mol. The topological polar surface area (TPSA) is 188 Å². The monoisotopic (exact) mass is 535 g/mol. The molecule has 1 aliphatic rings. The molecule has 5 atom stereocenters. The number of esters is 1. The van der Waals surface area contributed by atoms with E-state index in [1.54, 1.807) is 12.1 Å². The largest absolute Gasteiger partial charge is 0.458 e. The van der Waals surface area contributed by atoms with Crippen molar-refractivity contribution in [1.29, 1.82) is 0 Å². The fourth-order valence-corrected chi connectivity index (χ4v) is 4.62. The number of primary amides is 1. The molecule has 5 N–H and O–H groups in total. The second-order valence-electron chi connectivity index (χ2n) is 8.00. The van der Waals surface area contributed by atoms with Crippen LogP contribution in [0, 0.1) is 0 Å². The molecule has 2 amide bonds. The third-order valence-corrected chi connectivity index (χ3v) is 6.53. The first-order valence-electron chi connectivity index (χ1n) is 11.4. The van der Waals surface area contributed by atoms with Crippen molar-refractivity contribution in [1.82, 2.24) is 20.3 Å². The van der Waals surface area contributed by atoms with Crippen molar-refractivity contribution >= 4 is 29.7 Å². The molecule has 1 saturated heterocycles. The lowest BCUT2D eigenvalue weighted by Crippen LogP contribution is -2.63. The lowest BCUT2D eigenvalue weighted by Gasteiger charge is -2.42. The maximum atomic E-state index is 12.5. The van der Waals surface area contributed by atoms with Crippen LogP contribution in [-0.4, -0.2) is 91.9 Å². The Hall–Kier alpha value is -3.46. The molecule has 14 heteroatoms. The van der Waals surface area contributed by atoms with Crippen LogP contribution in [0.1, 0.15) is 23.3 Å². The maximum absolute atomic E-state index is 12.5. The Bertz CT molecular complexity index is 1070. The van der Waals surface area contributed by atoms with Crippen LogP contribution < -0.4 is 11.1 Å². The molecule has 2 heterocycles. The van der Waals surface area contributed by atoms with Gasteiger partial charge < -0.3 is 35.5 Å². The number of aromatic nitrogens is 3. The summed E-state index contributed by atoms with van der Waals surface area (Å²) < 4.78 is 17.5. The molecular weight excluding hydrogens is 506 g/mol. The lowest BCUT2D eigenvalue weighted by molar-refractivity contribution is -0.170. The minimum absolute atomic E-state index is 0.0536. The molecule has 0 radical (unpaired) electrons. The molecule has 1 aromatic heterocycles. The molecule has 0 unspecified atom stereocenters. The van der Waals surface area contributed by atoms with Gasteiger partial charge in [0.25, 0.3) is 0 Å². The number of aliphatic hydroxyl groups excluding tert-OH is 2. The highest BCUT2D eigenvalue weighted by Crippen LogP contribution is 2.30. The first-order chi connectivity index (χ1) is 17.8. The van der Waals surface area contributed by atoms with E-state index in [1.807, 2.05) is 18.2 Å². The fraction of sp³-hybridized carbons (Fsp3) is 0.435. The molecule has 37 heavy (non-hydrogen) atoms. The van der Waals surface area contributed by atoms with Gasteiger partial charge in [0.2, 0.25) is 5.91 Å². The molecular formula is C23H29N5O8S. The molecule has 0 saturated carbocycles. The van der Waals surface area contributed by atoms with E-state index in [0.29, 0.717) is 17.9 Å². The molecule has 13 nitrogen and oxygen atoms in total. The number of hydrogen-bond acceptors (Lipinski definition) is 11. The van der Waals surface area contributed by atoms with Crippen molar-refractivity contribution in [2.75, 3.05) is 19.0 Å². The third-order valence-electron chi connectivity index (χ3n) is 5.27. The van der Waals surface area contributed by atoms with Gasteiger partial charge in [-0.25, -0.2) is 14.3 Å². The minimum Gasteiger partial charge on any atom is -0.458 e. The Kier molecular flexibility index (Phi) is 10.4. The number of aliphatic hydroxyl groups is 2. The number of ether oxygens (including phenoxy) is 3. The van der Waals surface area contributed by atoms with Crippen molar-refractivity contribution in [3.63, 3.8) is 0 Å². The number of alkyl carbamates (subject to hydrolysis) is 1. The summed E-state index contributed by atoms with van der Waals surface area (Å²) in [6.07, 6.45) is -1.57. The molecule has 1 aliphatic heterocycles. The predicted octanol–water partition coefficient (Wildman–Crippen LogP) is 0.150. The van der Waals surface area contributed by atoms with Gasteiger partial charge >= 0.3 is 12.1 Å². The van der Waals surface area contributed by atoms with Crippen molar-refractivity contribution in [2.24, 2.45) is 5.73 Å². The van der Waals surface area contributed by atoms with Crippen molar-refractivity contribution in [3.05, 3.63) is 54.9 Å². The van der Waals surface area contributed by atoms with Gasteiger partial charge in [-0.1, -0.05) is 36.1 Å². The smallest absolute Gasteiger partial charge is 0.407 e. The highest BCUT2D eigenvalue weighted by Gasteiger charge is 2.46. The van der Waals surface area contributed by atoms with Crippen molar-refractivity contribution in [3.8, 4) is 5.69 Å². The Morgan fingerprint density at radius 1 is 1.22 bits per heavy atom. The van der Waals surface area contributed by atoms with Gasteiger partial charge in [-0.15, -0.1) is 16.9 Å². The summed E-state index contributed by atoms with van der Waals surface area (Å²) in [5.41, 5.74) is 4.95. The quantitative estimate of drug-likeness (QED) is 0.164. The standard InChI is InChI=1S/C23H29N5O8S/c1-2-10-34-23(33)25-18-20(31)19(30)16(36-22(18)37-11-6-9-17(24)29)13-35-21(32)15-12-28(27-26-15)14-7-4-3-5-8-14/h2-5,7-8,12,16,18-20,22,30-31H,1,6,9-11,13H2,(H2,24,29)(H,25,33)/t16-,18-,19+,20-,22-/m1/s1. The van der Waals surface area contributed by atoms with Gasteiger partial charge in [0.05, 0.1) is 17.9 Å². The zero-order chi connectivity index (χ0) is 26.8. The van der Waals surface area contributed by atoms with Crippen LogP contribution in [-0.2, 0) is 19.0 Å². The molecule has 200 valence electrons. The van der Waals surface area contributed by atoms with Gasteiger partial charge in [0, 0.05) is 6.42 Å². The molecule has 0 spiro atoms. The highest BCUT2D eigenvalue weighted by molar-refractivity contribution is 7.99. The third kappa shape index (κ3) is 8.01. The summed E-state index contributed by atoms with van der Waals surface area (Å²) in [5, 5.41) is 31.6. The minimum atomic E-state index is -1.50. The zero-order valence-corrected chi connectivity index (χ0v) is 20.7. The predicted molar refractivity (Wildman–Crippen MR) is 132 cm³/mol. The van der Waals surface area contributed by atoms with Gasteiger partial charge in [0.1, 0.15) is 37.0 Å². The highest BCUT2D eigenvalue weighted by atomic mass is 32.2. The summed E-state index contributed by atoms with van der Waals surface area (Å²) in [6, 6.07) is 7.99. The van der Waals surface area contributed by atoms with E-state index in [9.17, 15) is 24.6 Å². The maximum Gasteiger partial charge on any atom is 0.407 e. The first-order valence-corrected chi connectivity index (χ1v) is 12.5. The van der Waals surface area contributed by atoms with Crippen LogP contribution in [0.4, 0.5) is 4.79 Å². The number of benzene rings is 1. The zero-order valence-electron chi connectivity index (χ0n) is 19.8. The molecule has 1 fully saturated rings. The SMILES string of the molecule is C=CCOC(=O)N[C@@H]1[C@@H](O)[C@@H](O)[C@@H](COC(=O)c2cn(-c3ccccc3)nn2)O[C@@H]1SCCCC(N)=O. The Labute approximate surface area is 216 Å². The number of para-hydroxylation sites is 1. The van der Waals surface area contributed by atoms with Gasteiger partial charge in [-0.3, -0.25) is 4.79 Å². The van der Waals surface area contributed by atoms with E-state index in [0.717, 1.165) is 0 Å². The number of nitrogens with one attached hydrogen (secondary N) is 1. The molecule has 3 rings (SSSR count). The van der Waals surface area contributed by atoms with Crippen molar-refractivity contribution < 1.29 is 38.8 Å². The van der Waals surface area contributed by atoms with E-state index in [-0.39, 0.29) is 18.7 Å². The Morgan fingerprint density at radius 3 is 2.68 bits per heavy atom. The molecule has 0 aliphatic carbocycles. The summed E-state index contributed by atoms with van der Waals surface area (Å²) >= 11 is 1.20. The van der Waals surface area contributed by atoms with Crippen LogP contribution in [0.15, 0.2) is 49.2 Å². The number of nitrogens with zero attached hydrogens (tertiary/aromatic N) is 3. The van der Waals surface area contributed by atoms with E-state index in [2.05, 4.69) is 22.2 Å². The summed E-state index contributed by atoms with van der Waals surface area (Å²) in [7, 11) is 0. The van der Waals surface area contributed by atoms with Crippen LogP contribution in [0.3, 0.4) is 0 Å². The summed E-state index contributed by atoms with van der Waals surface area (Å²) in [4.78, 5) is 35.6. The van der Waals surface area contributed by atoms with Gasteiger partial charge in [-0.05, 0) is 24.3 Å². The van der Waals surface area contributed by atoms with Crippen LogP contribution in [0.5, 0.6) is 0 Å². The number of carbonyl (C=O) groups excluding carboxylic acids is 3. The fourth-order valence-electron chi connectivity index (χ4n) is 3.42. The number of thioether (sulfide) groups is 1. The van der Waals surface area contributed by atoms with E-state index >= 15 is 0 Å². The normalized spacial score (nSPS) is 23.1. The van der Waals surface area contributed by atoms with Gasteiger partial charge in [-0.2, -0.15) is 0 Å². The number of amides is 2. The lowest BCUT2D eigenvalue weighted by atomic mass is 9.98. The number of carbonyl (C=O) groups is 3.